The zero-order chi connectivity index (χ0) is 16.2. The fourth-order valence-corrected chi connectivity index (χ4v) is 4.09. The Hall–Kier alpha value is -1.65. The van der Waals surface area contributed by atoms with E-state index in [2.05, 4.69) is 0 Å². The van der Waals surface area contributed by atoms with Gasteiger partial charge in [0, 0.05) is 5.75 Å². The Morgan fingerprint density at radius 3 is 1.95 bits per heavy atom. The lowest BCUT2D eigenvalue weighted by Crippen LogP contribution is -2.29. The molecule has 0 spiro atoms. The summed E-state index contributed by atoms with van der Waals surface area (Å²) < 4.78 is 24.1. The van der Waals surface area contributed by atoms with E-state index in [0.29, 0.717) is 12.0 Å². The normalized spacial score (nSPS) is 14.5. The number of aliphatic hydroxyl groups excluding tert-OH is 1. The molecule has 2 rings (SSSR count). The van der Waals surface area contributed by atoms with E-state index in [0.717, 1.165) is 11.1 Å². The van der Waals surface area contributed by atoms with Crippen molar-refractivity contribution in [2.75, 3.05) is 5.75 Å². The van der Waals surface area contributed by atoms with Crippen LogP contribution in [0, 0.1) is 0 Å². The van der Waals surface area contributed by atoms with Crippen molar-refractivity contribution in [2.45, 2.75) is 31.6 Å². The van der Waals surface area contributed by atoms with Crippen LogP contribution in [0.2, 0.25) is 0 Å². The van der Waals surface area contributed by atoms with Gasteiger partial charge in [0.25, 0.3) is 0 Å². The Bertz CT molecular complexity index is 691. The fraction of sp³-hybridized carbons (Fsp3) is 0.333. The largest absolute Gasteiger partial charge is 0.387 e. The van der Waals surface area contributed by atoms with E-state index in [4.69, 9.17) is 0 Å². The first-order valence-corrected chi connectivity index (χ1v) is 9.26. The quantitative estimate of drug-likeness (QED) is 0.885. The van der Waals surface area contributed by atoms with Crippen molar-refractivity contribution >= 4 is 9.84 Å². The Balaban J connectivity index is 2.26. The molecular formula is C18H22O3S. The van der Waals surface area contributed by atoms with Crippen LogP contribution in [0.4, 0.5) is 0 Å². The van der Waals surface area contributed by atoms with Gasteiger partial charge in [-0.25, -0.2) is 8.42 Å². The molecule has 1 N–H and O–H groups in total. The molecular weight excluding hydrogens is 296 g/mol. The lowest BCUT2D eigenvalue weighted by molar-refractivity contribution is 0.169. The van der Waals surface area contributed by atoms with Crippen molar-refractivity contribution in [3.63, 3.8) is 0 Å². The summed E-state index contributed by atoms with van der Waals surface area (Å²) in [7, 11) is -3.27. The van der Waals surface area contributed by atoms with E-state index in [1.54, 1.807) is 26.0 Å². The van der Waals surface area contributed by atoms with Gasteiger partial charge in [0.1, 0.15) is 0 Å². The molecule has 0 radical (unpaired) electrons. The predicted octanol–water partition coefficient (Wildman–Crippen LogP) is 3.60. The first-order valence-electron chi connectivity index (χ1n) is 7.54. The monoisotopic (exact) mass is 318 g/mol. The van der Waals surface area contributed by atoms with E-state index in [-0.39, 0.29) is 5.75 Å². The molecule has 0 fully saturated rings. The summed E-state index contributed by atoms with van der Waals surface area (Å²) in [5.74, 6) is 0.0463. The molecule has 0 amide bonds. The minimum atomic E-state index is -3.27. The van der Waals surface area contributed by atoms with Crippen LogP contribution in [0.15, 0.2) is 54.6 Å². The second-order valence-corrected chi connectivity index (χ2v) is 7.84. The zero-order valence-electron chi connectivity index (χ0n) is 12.9. The van der Waals surface area contributed by atoms with Crippen LogP contribution in [-0.2, 0) is 9.84 Å². The number of sulfone groups is 1. The van der Waals surface area contributed by atoms with Crippen LogP contribution in [0.25, 0.3) is 11.1 Å². The van der Waals surface area contributed by atoms with Crippen molar-refractivity contribution in [3.05, 3.63) is 60.2 Å². The second kappa shape index (κ2) is 7.07. The Labute approximate surface area is 132 Å². The first kappa shape index (κ1) is 16.7. The highest BCUT2D eigenvalue weighted by Crippen LogP contribution is 2.27. The highest BCUT2D eigenvalue weighted by atomic mass is 32.2. The maximum Gasteiger partial charge on any atom is 0.155 e. The van der Waals surface area contributed by atoms with Crippen LogP contribution in [0.5, 0.6) is 0 Å². The smallest absolute Gasteiger partial charge is 0.155 e. The minimum absolute atomic E-state index is 0.0463. The topological polar surface area (TPSA) is 54.4 Å². The summed E-state index contributed by atoms with van der Waals surface area (Å²) in [6.07, 6.45) is -0.586. The highest BCUT2D eigenvalue weighted by Gasteiger charge is 2.30. The molecule has 118 valence electrons. The van der Waals surface area contributed by atoms with E-state index >= 15 is 0 Å². The SMILES string of the molecule is CC[C@H]([C@@H](O)c1ccc(-c2ccccc2)cc1)S(=O)(=O)CC. The first-order chi connectivity index (χ1) is 10.5. The molecule has 4 heteroatoms. The summed E-state index contributed by atoms with van der Waals surface area (Å²) in [4.78, 5) is 0. The molecule has 0 unspecified atom stereocenters. The maximum absolute atomic E-state index is 12.1. The van der Waals surface area contributed by atoms with Gasteiger partial charge in [-0.2, -0.15) is 0 Å². The molecule has 2 aromatic carbocycles. The summed E-state index contributed by atoms with van der Waals surface area (Å²) in [6, 6.07) is 17.4. The Morgan fingerprint density at radius 1 is 0.909 bits per heavy atom. The average Bonchev–Trinajstić information content (AvgIpc) is 2.56. The summed E-state index contributed by atoms with van der Waals surface area (Å²) in [6.45, 7) is 3.41. The molecule has 0 aromatic heterocycles. The van der Waals surface area contributed by atoms with Crippen LogP contribution in [-0.4, -0.2) is 24.5 Å². The molecule has 0 bridgehead atoms. The molecule has 0 saturated heterocycles. The van der Waals surface area contributed by atoms with Crippen molar-refractivity contribution in [1.29, 1.82) is 0 Å². The number of hydrogen-bond donors (Lipinski definition) is 1. The third kappa shape index (κ3) is 3.57. The number of rotatable bonds is 6. The van der Waals surface area contributed by atoms with Gasteiger partial charge in [-0.15, -0.1) is 0 Å². The van der Waals surface area contributed by atoms with E-state index < -0.39 is 21.2 Å². The van der Waals surface area contributed by atoms with Crippen molar-refractivity contribution in [2.24, 2.45) is 0 Å². The molecule has 0 aliphatic heterocycles. The molecule has 0 aliphatic rings. The minimum Gasteiger partial charge on any atom is -0.387 e. The zero-order valence-corrected chi connectivity index (χ0v) is 13.8. The van der Waals surface area contributed by atoms with Gasteiger partial charge in [0.2, 0.25) is 0 Å². The van der Waals surface area contributed by atoms with Crippen LogP contribution in [0.1, 0.15) is 31.9 Å². The molecule has 2 aromatic rings. The number of benzene rings is 2. The molecule has 0 heterocycles. The van der Waals surface area contributed by atoms with Crippen LogP contribution < -0.4 is 0 Å². The van der Waals surface area contributed by atoms with Crippen molar-refractivity contribution < 1.29 is 13.5 Å². The third-order valence-electron chi connectivity index (χ3n) is 3.98. The van der Waals surface area contributed by atoms with Gasteiger partial charge in [0.05, 0.1) is 11.4 Å². The molecule has 2 atom stereocenters. The summed E-state index contributed by atoms with van der Waals surface area (Å²) in [5, 5.41) is 9.68. The average molecular weight is 318 g/mol. The standard InChI is InChI=1S/C18H22O3S/c1-3-17(22(20,21)4-2)18(19)16-12-10-15(11-13-16)14-8-6-5-7-9-14/h5-13,17-19H,3-4H2,1-2H3/t17-,18+/m1/s1. The van der Waals surface area contributed by atoms with Gasteiger partial charge >= 0.3 is 0 Å². The van der Waals surface area contributed by atoms with Crippen LogP contribution in [0.3, 0.4) is 0 Å². The number of aliphatic hydroxyl groups is 1. The third-order valence-corrected chi connectivity index (χ3v) is 6.30. The van der Waals surface area contributed by atoms with Crippen molar-refractivity contribution in [3.8, 4) is 11.1 Å². The molecule has 3 nitrogen and oxygen atoms in total. The summed E-state index contributed by atoms with van der Waals surface area (Å²) in [5.41, 5.74) is 2.78. The second-order valence-electron chi connectivity index (χ2n) is 5.33. The maximum atomic E-state index is 12.1. The van der Waals surface area contributed by atoms with Crippen molar-refractivity contribution in [1.82, 2.24) is 0 Å². The van der Waals surface area contributed by atoms with E-state index in [1.807, 2.05) is 42.5 Å². The fourth-order valence-electron chi connectivity index (χ4n) is 2.61. The van der Waals surface area contributed by atoms with Gasteiger partial charge < -0.3 is 5.11 Å². The Morgan fingerprint density at radius 2 is 1.45 bits per heavy atom. The van der Waals surface area contributed by atoms with E-state index in [9.17, 15) is 13.5 Å². The Kier molecular flexibility index (Phi) is 5.37. The number of hydrogen-bond acceptors (Lipinski definition) is 3. The van der Waals surface area contributed by atoms with Crippen LogP contribution >= 0.6 is 0 Å². The van der Waals surface area contributed by atoms with Gasteiger partial charge in [-0.1, -0.05) is 68.4 Å². The molecule has 0 saturated carbocycles. The highest BCUT2D eigenvalue weighted by molar-refractivity contribution is 7.92. The lowest BCUT2D eigenvalue weighted by Gasteiger charge is -2.21. The lowest BCUT2D eigenvalue weighted by atomic mass is 10.00. The molecule has 0 aliphatic carbocycles. The predicted molar refractivity (Wildman–Crippen MR) is 90.4 cm³/mol. The van der Waals surface area contributed by atoms with Gasteiger partial charge in [-0.3, -0.25) is 0 Å². The summed E-state index contributed by atoms with van der Waals surface area (Å²) >= 11 is 0. The van der Waals surface area contributed by atoms with Gasteiger partial charge in [-0.05, 0) is 23.1 Å². The van der Waals surface area contributed by atoms with E-state index in [1.165, 1.54) is 0 Å². The molecule has 22 heavy (non-hydrogen) atoms. The van der Waals surface area contributed by atoms with Gasteiger partial charge in [0.15, 0.2) is 9.84 Å².